The van der Waals surface area contributed by atoms with E-state index in [1.807, 2.05) is 20.8 Å². The molecule has 0 N–H and O–H groups in total. The van der Waals surface area contributed by atoms with Gasteiger partial charge < -0.3 is 14.2 Å². The van der Waals surface area contributed by atoms with Crippen LogP contribution in [0.25, 0.3) is 0 Å². The molecule has 38 heavy (non-hydrogen) atoms. The first-order valence-electron chi connectivity index (χ1n) is 12.6. The second-order valence-corrected chi connectivity index (χ2v) is 9.78. The van der Waals surface area contributed by atoms with Gasteiger partial charge in [0.2, 0.25) is 0 Å². The van der Waals surface area contributed by atoms with Crippen LogP contribution < -0.4 is 19.5 Å². The van der Waals surface area contributed by atoms with Crippen molar-refractivity contribution in [3.63, 3.8) is 0 Å². The zero-order chi connectivity index (χ0) is 28.3. The average molecular weight is 567 g/mol. The highest BCUT2D eigenvalue weighted by molar-refractivity contribution is 7.66. The number of ether oxygens (including phenoxy) is 3. The maximum atomic E-state index is 13.7. The van der Waals surface area contributed by atoms with Gasteiger partial charge in [-0.05, 0) is 40.0 Å². The quantitative estimate of drug-likeness (QED) is 0.123. The van der Waals surface area contributed by atoms with E-state index in [4.69, 9.17) is 14.2 Å². The van der Waals surface area contributed by atoms with Gasteiger partial charge in [0.1, 0.15) is 17.2 Å². The lowest BCUT2D eigenvalue weighted by atomic mass is 10.0. The highest BCUT2D eigenvalue weighted by Gasteiger charge is 2.43. The Morgan fingerprint density at radius 2 is 1.16 bits per heavy atom. The van der Waals surface area contributed by atoms with Gasteiger partial charge in [-0.3, -0.25) is 4.79 Å². The molecule has 2 aromatic rings. The van der Waals surface area contributed by atoms with Crippen molar-refractivity contribution < 1.29 is 45.3 Å². The summed E-state index contributed by atoms with van der Waals surface area (Å²) in [5, 5.41) is 0.107. The Kier molecular flexibility index (Phi) is 12.2. The van der Waals surface area contributed by atoms with Crippen LogP contribution in [0.15, 0.2) is 30.3 Å². The fraction of sp³-hybridized carbons (Fsp3) is 0.519. The number of rotatable bonds is 15. The van der Waals surface area contributed by atoms with Gasteiger partial charge in [0, 0.05) is 17.7 Å². The number of carbonyl (C=O) groups is 1. The van der Waals surface area contributed by atoms with Crippen LogP contribution in [0, 0.1) is 0 Å². The molecule has 0 aromatic heterocycles. The van der Waals surface area contributed by atoms with Crippen LogP contribution in [0.3, 0.4) is 0 Å². The molecular weight excluding hydrogens is 533 g/mol. The van der Waals surface area contributed by atoms with Gasteiger partial charge in [-0.1, -0.05) is 46.1 Å². The summed E-state index contributed by atoms with van der Waals surface area (Å²) in [6, 6.07) is 4.62. The van der Waals surface area contributed by atoms with Gasteiger partial charge in [-0.2, -0.15) is 26.3 Å². The molecular formula is C27H33F6O4P. The summed E-state index contributed by atoms with van der Waals surface area (Å²) in [5.41, 5.74) is -5.99. The maximum Gasteiger partial charge on any atom is 0.417 e. The first-order chi connectivity index (χ1) is 17.9. The monoisotopic (exact) mass is 566 g/mol. The van der Waals surface area contributed by atoms with Crippen LogP contribution in [0.4, 0.5) is 26.3 Å². The van der Waals surface area contributed by atoms with E-state index in [0.717, 1.165) is 25.7 Å². The van der Waals surface area contributed by atoms with E-state index < -0.39 is 43.1 Å². The molecule has 11 heteroatoms. The zero-order valence-corrected chi connectivity index (χ0v) is 22.7. The predicted molar refractivity (Wildman–Crippen MR) is 136 cm³/mol. The molecule has 0 radical (unpaired) electrons. The Morgan fingerprint density at radius 3 is 1.55 bits per heavy atom. The molecule has 0 aliphatic carbocycles. The molecule has 0 spiro atoms. The maximum absolute atomic E-state index is 13.7. The second kappa shape index (κ2) is 14.6. The lowest BCUT2D eigenvalue weighted by molar-refractivity contribution is -0.143. The minimum atomic E-state index is -5.16. The smallest absolute Gasteiger partial charge is 0.417 e. The van der Waals surface area contributed by atoms with Crippen molar-refractivity contribution in [3.05, 3.63) is 47.0 Å². The summed E-state index contributed by atoms with van der Waals surface area (Å²) in [6.45, 7) is 6.74. The van der Waals surface area contributed by atoms with Crippen molar-refractivity contribution >= 4 is 19.4 Å². The molecule has 0 saturated carbocycles. The predicted octanol–water partition coefficient (Wildman–Crippen LogP) is 8.41. The Bertz CT molecular complexity index is 990. The van der Waals surface area contributed by atoms with Gasteiger partial charge in [-0.25, -0.2) is 0 Å². The molecule has 2 rings (SSSR count). The van der Waals surface area contributed by atoms with Crippen molar-refractivity contribution in [2.45, 2.75) is 71.6 Å². The van der Waals surface area contributed by atoms with E-state index in [9.17, 15) is 31.1 Å². The molecule has 2 aromatic carbocycles. The zero-order valence-electron chi connectivity index (χ0n) is 21.7. The summed E-state index contributed by atoms with van der Waals surface area (Å²) in [5.74, 6) is 0.663. The SMILES string of the molecule is CCCCOc1cc(OCCCC)c(PC(=O)c2c(C(F)(F)F)cccc2C(F)(F)F)c(OCCCC)c1. The Labute approximate surface area is 220 Å². The average Bonchev–Trinajstić information content (AvgIpc) is 2.84. The number of benzene rings is 2. The normalized spacial score (nSPS) is 12.2. The summed E-state index contributed by atoms with van der Waals surface area (Å²) in [6.07, 6.45) is -5.78. The number of halogens is 6. The van der Waals surface area contributed by atoms with Crippen LogP contribution in [0.5, 0.6) is 17.2 Å². The minimum Gasteiger partial charge on any atom is -0.493 e. The fourth-order valence-corrected chi connectivity index (χ4v) is 4.59. The van der Waals surface area contributed by atoms with Crippen molar-refractivity contribution in [2.75, 3.05) is 19.8 Å². The lowest BCUT2D eigenvalue weighted by Gasteiger charge is -2.20. The van der Waals surface area contributed by atoms with Crippen LogP contribution in [0.1, 0.15) is 80.8 Å². The number of alkyl halides is 6. The first-order valence-corrected chi connectivity index (χ1v) is 13.6. The topological polar surface area (TPSA) is 44.8 Å². The summed E-state index contributed by atoms with van der Waals surface area (Å²) in [4.78, 5) is 13.3. The molecule has 0 bridgehead atoms. The van der Waals surface area contributed by atoms with Gasteiger partial charge in [0.25, 0.3) is 0 Å². The molecule has 212 valence electrons. The van der Waals surface area contributed by atoms with E-state index in [0.29, 0.717) is 43.4 Å². The van der Waals surface area contributed by atoms with Gasteiger partial charge in [0.15, 0.2) is 5.52 Å². The molecule has 0 saturated heterocycles. The number of hydrogen-bond acceptors (Lipinski definition) is 4. The number of unbranched alkanes of at least 4 members (excludes halogenated alkanes) is 3. The molecule has 1 unspecified atom stereocenters. The highest BCUT2D eigenvalue weighted by atomic mass is 31.1. The third-order valence-electron chi connectivity index (χ3n) is 5.46. The van der Waals surface area contributed by atoms with E-state index in [-0.39, 0.29) is 30.0 Å². The second-order valence-electron chi connectivity index (χ2n) is 8.58. The Morgan fingerprint density at radius 1 is 0.737 bits per heavy atom. The van der Waals surface area contributed by atoms with E-state index in [2.05, 4.69) is 0 Å². The van der Waals surface area contributed by atoms with E-state index in [1.54, 1.807) is 0 Å². The third kappa shape index (κ3) is 9.07. The molecule has 0 fully saturated rings. The fourth-order valence-electron chi connectivity index (χ4n) is 3.43. The summed E-state index contributed by atoms with van der Waals surface area (Å²) >= 11 is 0. The van der Waals surface area contributed by atoms with E-state index >= 15 is 0 Å². The van der Waals surface area contributed by atoms with E-state index in [1.165, 1.54) is 12.1 Å². The third-order valence-corrected chi connectivity index (χ3v) is 6.68. The van der Waals surface area contributed by atoms with Crippen molar-refractivity contribution in [3.8, 4) is 17.2 Å². The Hall–Kier alpha value is -2.48. The van der Waals surface area contributed by atoms with Crippen LogP contribution >= 0.6 is 8.58 Å². The van der Waals surface area contributed by atoms with Gasteiger partial charge >= 0.3 is 12.4 Å². The molecule has 0 aliphatic heterocycles. The van der Waals surface area contributed by atoms with Crippen molar-refractivity contribution in [1.29, 1.82) is 0 Å². The molecule has 4 nitrogen and oxygen atoms in total. The molecule has 1 atom stereocenters. The standard InChI is InChI=1S/C27H33F6O4P/c1-4-7-13-35-18-16-21(36-14-8-5-2)24(22(17-18)37-15-9-6-3)38-25(34)23-19(26(28,29)30)11-10-12-20(23)27(31,32)33/h10-12,16-17,38H,4-9,13-15H2,1-3H3. The summed E-state index contributed by atoms with van der Waals surface area (Å²) < 4.78 is 99.7. The van der Waals surface area contributed by atoms with Crippen LogP contribution in [-0.2, 0) is 12.4 Å². The van der Waals surface area contributed by atoms with Crippen LogP contribution in [0.2, 0.25) is 0 Å². The largest absolute Gasteiger partial charge is 0.493 e. The van der Waals surface area contributed by atoms with Gasteiger partial charge in [-0.15, -0.1) is 0 Å². The van der Waals surface area contributed by atoms with Crippen molar-refractivity contribution in [2.24, 2.45) is 0 Å². The lowest BCUT2D eigenvalue weighted by Crippen LogP contribution is -2.20. The first kappa shape index (κ1) is 31.7. The number of hydrogen-bond donors (Lipinski definition) is 0. The Balaban J connectivity index is 2.63. The van der Waals surface area contributed by atoms with Gasteiger partial charge in [0.05, 0.1) is 36.3 Å². The minimum absolute atomic E-state index is 0.107. The van der Waals surface area contributed by atoms with Crippen molar-refractivity contribution in [1.82, 2.24) is 0 Å². The molecule has 0 aliphatic rings. The molecule has 0 heterocycles. The molecule has 0 amide bonds. The van der Waals surface area contributed by atoms with Crippen LogP contribution in [-0.4, -0.2) is 25.3 Å². The highest BCUT2D eigenvalue weighted by Crippen LogP contribution is 2.43. The number of carbonyl (C=O) groups excluding carboxylic acids is 1. The summed E-state index contributed by atoms with van der Waals surface area (Å²) in [7, 11) is -1.12.